The number of halogens is 1. The van der Waals surface area contributed by atoms with Crippen LogP contribution in [0.15, 0.2) is 47.3 Å². The number of benzene rings is 2. The molecular weight excluding hydrogens is 511 g/mol. The van der Waals surface area contributed by atoms with Crippen LogP contribution in [-0.2, 0) is 22.5 Å². The molecule has 206 valence electrons. The minimum Gasteiger partial charge on any atom is -0.275 e. The molecule has 9 nitrogen and oxygen atoms in total. The molecule has 0 aliphatic heterocycles. The number of aryl methyl sites for hydroxylation is 2. The van der Waals surface area contributed by atoms with E-state index in [1.807, 2.05) is 13.0 Å². The number of fused-ring (bicyclic) bond motifs is 1. The summed E-state index contributed by atoms with van der Waals surface area (Å²) in [4.78, 5) is 36.2. The normalized spacial score (nSPS) is 16.5. The summed E-state index contributed by atoms with van der Waals surface area (Å²) in [5.41, 5.74) is 3.02. The van der Waals surface area contributed by atoms with Crippen molar-refractivity contribution < 1.29 is 14.0 Å². The van der Waals surface area contributed by atoms with Crippen LogP contribution in [-0.4, -0.2) is 44.3 Å². The highest BCUT2D eigenvalue weighted by Crippen LogP contribution is 2.39. The van der Waals surface area contributed by atoms with Gasteiger partial charge in [0.15, 0.2) is 0 Å². The lowest BCUT2D eigenvalue weighted by atomic mass is 9.79. The average Bonchev–Trinajstić information content (AvgIpc) is 3.32. The maximum atomic E-state index is 15.5. The van der Waals surface area contributed by atoms with Crippen LogP contribution in [0.2, 0.25) is 0 Å². The predicted octanol–water partition coefficient (Wildman–Crippen LogP) is 4.39. The van der Waals surface area contributed by atoms with Gasteiger partial charge in [0.25, 0.3) is 5.56 Å². The Morgan fingerprint density at radius 2 is 2.00 bits per heavy atom. The van der Waals surface area contributed by atoms with E-state index >= 15 is 4.39 Å². The first-order valence-electron chi connectivity index (χ1n) is 13.4. The third-order valence-electron chi connectivity index (χ3n) is 7.67. The van der Waals surface area contributed by atoms with Crippen LogP contribution in [0.3, 0.4) is 0 Å². The van der Waals surface area contributed by atoms with Crippen molar-refractivity contribution in [3.05, 3.63) is 86.8 Å². The number of nitriles is 1. The number of rotatable bonds is 8. The van der Waals surface area contributed by atoms with Gasteiger partial charge < -0.3 is 0 Å². The monoisotopic (exact) mass is 542 g/mol. The molecule has 0 radical (unpaired) electrons. The van der Waals surface area contributed by atoms with Crippen molar-refractivity contribution in [2.45, 2.75) is 52.0 Å². The Morgan fingerprint density at radius 1 is 1.25 bits per heavy atom. The van der Waals surface area contributed by atoms with E-state index in [1.165, 1.54) is 18.2 Å². The lowest BCUT2D eigenvalue weighted by Crippen LogP contribution is -2.43. The first-order chi connectivity index (χ1) is 19.3. The van der Waals surface area contributed by atoms with Crippen molar-refractivity contribution in [3.63, 3.8) is 0 Å². The molecule has 0 saturated heterocycles. The zero-order valence-electron chi connectivity index (χ0n) is 23.0. The van der Waals surface area contributed by atoms with Crippen LogP contribution in [0.4, 0.5) is 4.39 Å². The molecular formula is C30H31FN6O3. The van der Waals surface area contributed by atoms with E-state index in [9.17, 15) is 14.9 Å². The smallest absolute Gasteiger partial charge is 0.259 e. The molecule has 0 unspecified atom stereocenters. The Bertz CT molecular complexity index is 1700. The van der Waals surface area contributed by atoms with Crippen LogP contribution in [0.5, 0.6) is 0 Å². The van der Waals surface area contributed by atoms with E-state index in [4.69, 9.17) is 4.84 Å². The summed E-state index contributed by atoms with van der Waals surface area (Å²) >= 11 is 0. The average molecular weight is 543 g/mol. The summed E-state index contributed by atoms with van der Waals surface area (Å²) in [6.45, 7) is 3.79. The van der Waals surface area contributed by atoms with Gasteiger partial charge in [-0.15, -0.1) is 0 Å². The van der Waals surface area contributed by atoms with Gasteiger partial charge >= 0.3 is 0 Å². The molecule has 4 aromatic rings. The van der Waals surface area contributed by atoms with E-state index in [0.29, 0.717) is 64.4 Å². The molecule has 1 aliphatic carbocycles. The molecule has 2 aromatic carbocycles. The highest BCUT2D eigenvalue weighted by atomic mass is 19.1. The van der Waals surface area contributed by atoms with E-state index in [-0.39, 0.29) is 29.8 Å². The molecule has 0 atom stereocenters. The van der Waals surface area contributed by atoms with Crippen LogP contribution in [0.25, 0.3) is 16.9 Å². The number of carbonyl (C=O) groups excluding carboxylic acids is 1. The number of aromatic nitrogens is 4. The van der Waals surface area contributed by atoms with Crippen molar-refractivity contribution in [2.24, 2.45) is 5.92 Å². The second-order valence-electron chi connectivity index (χ2n) is 10.2. The minimum atomic E-state index is -0.453. The van der Waals surface area contributed by atoms with Gasteiger partial charge in [-0.2, -0.15) is 15.3 Å². The highest BCUT2D eigenvalue weighted by Gasteiger charge is 2.39. The maximum Gasteiger partial charge on any atom is 0.259 e. The van der Waals surface area contributed by atoms with Gasteiger partial charge in [-0.3, -0.25) is 19.0 Å². The minimum absolute atomic E-state index is 0.0799. The van der Waals surface area contributed by atoms with Gasteiger partial charge in [0.1, 0.15) is 11.6 Å². The first kappa shape index (κ1) is 27.2. The fourth-order valence-electron chi connectivity index (χ4n) is 5.46. The van der Waals surface area contributed by atoms with Gasteiger partial charge in [0.2, 0.25) is 11.7 Å². The molecule has 0 bridgehead atoms. The SMILES string of the molecule is CCCc1c(Cc2ccc(-c3ccccc3C#N)cc2F)c(=O)n([C@H]2C[C@H](C(=O)N(C)OC)C2)c2nc(C)nn12. The second-order valence-corrected chi connectivity index (χ2v) is 10.2. The van der Waals surface area contributed by atoms with Crippen molar-refractivity contribution in [1.29, 1.82) is 5.26 Å². The Balaban J connectivity index is 1.56. The molecule has 0 N–H and O–H groups in total. The van der Waals surface area contributed by atoms with E-state index in [2.05, 4.69) is 16.2 Å². The number of nitrogens with zero attached hydrogens (tertiary/aromatic N) is 6. The first-order valence-corrected chi connectivity index (χ1v) is 13.4. The van der Waals surface area contributed by atoms with Crippen LogP contribution in [0, 0.1) is 30.0 Å². The summed E-state index contributed by atoms with van der Waals surface area (Å²) < 4.78 is 18.9. The van der Waals surface area contributed by atoms with Gasteiger partial charge in [-0.05, 0) is 55.0 Å². The Kier molecular flexibility index (Phi) is 7.50. The summed E-state index contributed by atoms with van der Waals surface area (Å²) in [6.07, 6.45) is 2.37. The zero-order valence-corrected chi connectivity index (χ0v) is 23.0. The highest BCUT2D eigenvalue weighted by molar-refractivity contribution is 5.78. The third kappa shape index (κ3) is 4.77. The number of amides is 1. The van der Waals surface area contributed by atoms with E-state index in [0.717, 1.165) is 6.42 Å². The standard InChI is InChI=1S/C30H31FN6O3/c1-5-8-27-25(15-20-12-11-19(16-26(20)31)24-10-7-6-9-21(24)17-32)29(39)36(30-33-18(2)34-37(27)30)23-13-22(14-23)28(38)35(3)40-4/h6-7,9-12,16,22-23H,5,8,13-15H2,1-4H3/t22-,23-. The maximum absolute atomic E-state index is 15.5. The van der Waals surface area contributed by atoms with Gasteiger partial charge in [-0.25, -0.2) is 14.0 Å². The van der Waals surface area contributed by atoms with Crippen molar-refractivity contribution in [2.75, 3.05) is 14.2 Å². The third-order valence-corrected chi connectivity index (χ3v) is 7.67. The lowest BCUT2D eigenvalue weighted by molar-refractivity contribution is -0.177. The van der Waals surface area contributed by atoms with E-state index < -0.39 is 5.82 Å². The van der Waals surface area contributed by atoms with Gasteiger partial charge in [0.05, 0.1) is 24.4 Å². The molecule has 1 fully saturated rings. The molecule has 1 saturated carbocycles. The van der Waals surface area contributed by atoms with Gasteiger partial charge in [0, 0.05) is 31.0 Å². The molecule has 2 aromatic heterocycles. The number of hydrogen-bond donors (Lipinski definition) is 0. The fourth-order valence-corrected chi connectivity index (χ4v) is 5.46. The molecule has 5 rings (SSSR count). The van der Waals surface area contributed by atoms with Crippen molar-refractivity contribution in [1.82, 2.24) is 24.2 Å². The summed E-state index contributed by atoms with van der Waals surface area (Å²) in [5.74, 6) is 0.120. The molecule has 40 heavy (non-hydrogen) atoms. The fraction of sp³-hybridized carbons (Fsp3) is 0.367. The van der Waals surface area contributed by atoms with Crippen LogP contribution >= 0.6 is 0 Å². The number of hydrogen-bond acceptors (Lipinski definition) is 6. The molecule has 1 aliphatic rings. The van der Waals surface area contributed by atoms with Crippen molar-refractivity contribution in [3.8, 4) is 17.2 Å². The molecule has 10 heteroatoms. The van der Waals surface area contributed by atoms with Crippen LogP contribution < -0.4 is 5.56 Å². The van der Waals surface area contributed by atoms with E-state index in [1.54, 1.807) is 53.4 Å². The quantitative estimate of drug-likeness (QED) is 0.306. The summed E-state index contributed by atoms with van der Waals surface area (Å²) in [7, 11) is 3.01. The summed E-state index contributed by atoms with van der Waals surface area (Å²) in [6, 6.07) is 13.8. The Labute approximate surface area is 231 Å². The second kappa shape index (κ2) is 11.0. The Morgan fingerprint density at radius 3 is 2.67 bits per heavy atom. The molecule has 0 spiro atoms. The largest absolute Gasteiger partial charge is 0.275 e. The Hall–Kier alpha value is -4.36. The van der Waals surface area contributed by atoms with Crippen molar-refractivity contribution >= 4 is 11.7 Å². The molecule has 2 heterocycles. The topological polar surface area (TPSA) is 106 Å². The number of hydroxylamine groups is 2. The van der Waals surface area contributed by atoms with Gasteiger partial charge in [-0.1, -0.05) is 43.7 Å². The summed E-state index contributed by atoms with van der Waals surface area (Å²) in [5, 5.41) is 15.3. The predicted molar refractivity (Wildman–Crippen MR) is 147 cm³/mol. The zero-order chi connectivity index (χ0) is 28.6. The van der Waals surface area contributed by atoms with Crippen LogP contribution in [0.1, 0.15) is 60.4 Å². The molecule has 1 amide bonds. The number of carbonyl (C=O) groups is 1. The lowest BCUT2D eigenvalue weighted by Gasteiger charge is -2.37.